The van der Waals surface area contributed by atoms with Crippen LogP contribution in [0, 0.1) is 17.0 Å². The van der Waals surface area contributed by atoms with Gasteiger partial charge in [-0.25, -0.2) is 18.0 Å². The minimum atomic E-state index is -4.06. The molecule has 4 rings (SSSR count). The Morgan fingerprint density at radius 2 is 1.89 bits per heavy atom. The van der Waals surface area contributed by atoms with E-state index < -0.39 is 51.1 Å². The Kier molecular flexibility index (Phi) is 10.6. The van der Waals surface area contributed by atoms with E-state index in [0.29, 0.717) is 12.0 Å². The Labute approximate surface area is 270 Å². The van der Waals surface area contributed by atoms with Gasteiger partial charge in [-0.05, 0) is 63.9 Å². The summed E-state index contributed by atoms with van der Waals surface area (Å²) in [6.07, 6.45) is 1.17. The number of hydrogen-bond acceptors (Lipinski definition) is 12. The number of esters is 1. The number of alkyl carbamates (subject to hydrolysis) is 1. The largest absolute Gasteiger partial charge is 0.496 e. The van der Waals surface area contributed by atoms with Crippen LogP contribution in [0.3, 0.4) is 0 Å². The maximum absolute atomic E-state index is 13.8. The lowest BCUT2D eigenvalue weighted by Crippen LogP contribution is -2.41. The maximum Gasteiger partial charge on any atom is 0.407 e. The molecular formula is C30H36N4O12S. The van der Waals surface area contributed by atoms with E-state index in [9.17, 15) is 32.9 Å². The molecule has 1 aliphatic heterocycles. The number of methoxy groups -OCH3 is 1. The number of carbonyl (C=O) groups is 2. The molecule has 0 bridgehead atoms. The first-order valence-corrected chi connectivity index (χ1v) is 15.9. The van der Waals surface area contributed by atoms with Gasteiger partial charge in [-0.15, -0.1) is 10.1 Å². The van der Waals surface area contributed by atoms with Crippen molar-refractivity contribution in [2.75, 3.05) is 33.4 Å². The number of rotatable bonds is 12. The molecule has 2 heterocycles. The zero-order valence-corrected chi connectivity index (χ0v) is 27.3. The molecule has 16 nitrogen and oxygen atoms in total. The fourth-order valence-corrected chi connectivity index (χ4v) is 6.80. The number of nitrogens with one attached hydrogen (secondary N) is 1. The Hall–Kier alpha value is -4.90. The van der Waals surface area contributed by atoms with E-state index in [1.807, 2.05) is 0 Å². The minimum absolute atomic E-state index is 0.0328. The van der Waals surface area contributed by atoms with Gasteiger partial charge >= 0.3 is 12.1 Å². The summed E-state index contributed by atoms with van der Waals surface area (Å²) in [5.41, 5.74) is -0.786. The Balaban J connectivity index is 1.49. The molecule has 0 unspecified atom stereocenters. The number of aromatic nitrogens is 1. The van der Waals surface area contributed by atoms with Crippen molar-refractivity contribution in [3.05, 3.63) is 74.2 Å². The summed E-state index contributed by atoms with van der Waals surface area (Å²) in [4.78, 5) is 53.0. The van der Waals surface area contributed by atoms with Gasteiger partial charge in [0.2, 0.25) is 10.0 Å². The van der Waals surface area contributed by atoms with E-state index in [0.717, 1.165) is 4.57 Å². The lowest BCUT2D eigenvalue weighted by Gasteiger charge is -2.22. The standard InChI is InChI=1S/C30H36N4O12S/c1-19-16-32(18-44-28(36)22-10-9-21(15-24(22)42-5)43-13-14-45-34(38)39)27(35)23-7-6-8-25(26(19)23)47(40,41)33-12-11-20(17-33)31-29(37)46-30(2,3)4/h6-10,15-16,20H,11-14,17-18H2,1-5H3,(H,31,37)/t20-/m0/s1. The molecule has 0 spiro atoms. The molecule has 1 N–H and O–H groups in total. The van der Waals surface area contributed by atoms with E-state index in [1.54, 1.807) is 27.7 Å². The first kappa shape index (κ1) is 35.0. The van der Waals surface area contributed by atoms with Crippen LogP contribution in [0.5, 0.6) is 11.5 Å². The van der Waals surface area contributed by atoms with Crippen molar-refractivity contribution >= 4 is 32.9 Å². The molecule has 1 aromatic heterocycles. The molecule has 17 heteroatoms. The van der Waals surface area contributed by atoms with Crippen LogP contribution >= 0.6 is 0 Å². The van der Waals surface area contributed by atoms with Gasteiger partial charge in [-0.3, -0.25) is 9.36 Å². The molecule has 3 aromatic rings. The summed E-state index contributed by atoms with van der Waals surface area (Å²) < 4.78 is 51.2. The molecule has 1 saturated heterocycles. The second-order valence-corrected chi connectivity index (χ2v) is 13.5. The molecule has 1 atom stereocenters. The highest BCUT2D eigenvalue weighted by atomic mass is 32.2. The van der Waals surface area contributed by atoms with Crippen molar-refractivity contribution in [1.82, 2.24) is 14.2 Å². The highest BCUT2D eigenvalue weighted by Gasteiger charge is 2.35. The summed E-state index contributed by atoms with van der Waals surface area (Å²) in [7, 11) is -2.73. The highest BCUT2D eigenvalue weighted by molar-refractivity contribution is 7.89. The smallest absolute Gasteiger partial charge is 0.407 e. The molecule has 0 radical (unpaired) electrons. The van der Waals surface area contributed by atoms with Crippen molar-refractivity contribution in [1.29, 1.82) is 0 Å². The molecule has 1 aliphatic rings. The number of pyridine rings is 1. The van der Waals surface area contributed by atoms with Crippen LogP contribution < -0.4 is 20.3 Å². The Morgan fingerprint density at radius 3 is 2.57 bits per heavy atom. The SMILES string of the molecule is COc1cc(OCCO[N+](=O)[O-])ccc1C(=O)OCn1cc(C)c2c(S(=O)(=O)N3CC[C@H](NC(=O)OC(C)(C)C)C3)cccc2c1=O. The van der Waals surface area contributed by atoms with Crippen LogP contribution in [0.2, 0.25) is 0 Å². The number of benzene rings is 2. The van der Waals surface area contributed by atoms with Crippen LogP contribution in [0.25, 0.3) is 10.8 Å². The number of carbonyl (C=O) groups excluding carboxylic acids is 2. The zero-order valence-electron chi connectivity index (χ0n) is 26.5. The van der Waals surface area contributed by atoms with E-state index >= 15 is 0 Å². The number of sulfonamides is 1. The topological polar surface area (TPSA) is 195 Å². The molecular weight excluding hydrogens is 640 g/mol. The molecule has 47 heavy (non-hydrogen) atoms. The predicted molar refractivity (Wildman–Crippen MR) is 166 cm³/mol. The first-order valence-electron chi connectivity index (χ1n) is 14.5. The van der Waals surface area contributed by atoms with Gasteiger partial charge in [0.25, 0.3) is 10.6 Å². The second-order valence-electron chi connectivity index (χ2n) is 11.6. The van der Waals surface area contributed by atoms with Crippen LogP contribution in [0.1, 0.15) is 43.1 Å². The third-order valence-corrected chi connectivity index (χ3v) is 8.93. The minimum Gasteiger partial charge on any atom is -0.496 e. The number of fused-ring (bicyclic) bond motifs is 1. The van der Waals surface area contributed by atoms with E-state index in [2.05, 4.69) is 10.2 Å². The molecule has 0 saturated carbocycles. The van der Waals surface area contributed by atoms with Crippen molar-refractivity contribution in [2.45, 2.75) is 57.4 Å². The van der Waals surface area contributed by atoms with Crippen molar-refractivity contribution in [2.24, 2.45) is 0 Å². The average molecular weight is 677 g/mol. The van der Waals surface area contributed by atoms with Gasteiger partial charge in [0, 0.05) is 42.2 Å². The van der Waals surface area contributed by atoms with Crippen molar-refractivity contribution < 1.29 is 46.9 Å². The molecule has 254 valence electrons. The van der Waals surface area contributed by atoms with Gasteiger partial charge in [0.15, 0.2) is 6.73 Å². The number of aryl methyl sites for hydroxylation is 1. The summed E-state index contributed by atoms with van der Waals surface area (Å²) in [5.74, 6) is -0.444. The van der Waals surface area contributed by atoms with E-state index in [-0.39, 0.29) is 59.0 Å². The van der Waals surface area contributed by atoms with Gasteiger partial charge in [0.05, 0.1) is 12.0 Å². The van der Waals surface area contributed by atoms with Crippen LogP contribution in [0.15, 0.2) is 52.3 Å². The summed E-state index contributed by atoms with van der Waals surface area (Å²) in [5, 5.41) is 12.4. The molecule has 1 fully saturated rings. The third-order valence-electron chi connectivity index (χ3n) is 7.03. The van der Waals surface area contributed by atoms with E-state index in [1.165, 1.54) is 54.0 Å². The van der Waals surface area contributed by atoms with Crippen LogP contribution in [-0.4, -0.2) is 79.5 Å². The van der Waals surface area contributed by atoms with Gasteiger partial charge in [-0.1, -0.05) is 6.07 Å². The molecule has 2 aromatic carbocycles. The number of nitrogens with zero attached hydrogens (tertiary/aromatic N) is 3. The quantitative estimate of drug-likeness (QED) is 0.128. The Bertz CT molecular complexity index is 1830. The first-order chi connectivity index (χ1) is 22.1. The van der Waals surface area contributed by atoms with Crippen LogP contribution in [-0.2, 0) is 31.1 Å². The maximum atomic E-state index is 13.8. The zero-order chi connectivity index (χ0) is 34.5. The lowest BCUT2D eigenvalue weighted by molar-refractivity contribution is -0.757. The monoisotopic (exact) mass is 676 g/mol. The highest BCUT2D eigenvalue weighted by Crippen LogP contribution is 2.30. The fourth-order valence-electron chi connectivity index (χ4n) is 5.02. The van der Waals surface area contributed by atoms with E-state index in [4.69, 9.17) is 18.9 Å². The third kappa shape index (κ3) is 8.48. The number of hydrogen-bond donors (Lipinski definition) is 1. The van der Waals surface area contributed by atoms with Crippen molar-refractivity contribution in [3.63, 3.8) is 0 Å². The van der Waals surface area contributed by atoms with Gasteiger partial charge < -0.3 is 29.1 Å². The summed E-state index contributed by atoms with van der Waals surface area (Å²) >= 11 is 0. The number of ether oxygens (including phenoxy) is 4. The fraction of sp³-hybridized carbons (Fsp3) is 0.433. The lowest BCUT2D eigenvalue weighted by atomic mass is 10.1. The summed E-state index contributed by atoms with van der Waals surface area (Å²) in [6.45, 7) is 6.16. The van der Waals surface area contributed by atoms with Crippen molar-refractivity contribution in [3.8, 4) is 11.5 Å². The average Bonchev–Trinajstić information content (AvgIpc) is 3.48. The molecule has 0 aliphatic carbocycles. The second kappa shape index (κ2) is 14.3. The van der Waals surface area contributed by atoms with Gasteiger partial charge in [-0.2, -0.15) is 4.31 Å². The van der Waals surface area contributed by atoms with Crippen LogP contribution in [0.4, 0.5) is 4.79 Å². The molecule has 1 amide bonds. The summed E-state index contributed by atoms with van der Waals surface area (Å²) in [6, 6.07) is 8.16. The normalized spacial score (nSPS) is 15.2. The van der Waals surface area contributed by atoms with Gasteiger partial charge in [0.1, 0.15) is 35.9 Å². The number of amides is 1. The predicted octanol–water partition coefficient (Wildman–Crippen LogP) is 3.01. The Morgan fingerprint density at radius 1 is 1.15 bits per heavy atom.